The summed E-state index contributed by atoms with van der Waals surface area (Å²) < 4.78 is 15.8. The Balaban J connectivity index is 1.71. The van der Waals surface area contributed by atoms with Crippen LogP contribution in [0.5, 0.6) is 5.75 Å². The lowest BCUT2D eigenvalue weighted by Crippen LogP contribution is -2.41. The van der Waals surface area contributed by atoms with Crippen LogP contribution in [-0.2, 0) is 6.54 Å². The predicted molar refractivity (Wildman–Crippen MR) is 127 cm³/mol. The Bertz CT molecular complexity index is 1100. The smallest absolute Gasteiger partial charge is 0.227 e. The van der Waals surface area contributed by atoms with Gasteiger partial charge < -0.3 is 25.4 Å². The summed E-state index contributed by atoms with van der Waals surface area (Å²) in [5, 5.41) is 27.1. The second-order valence-electron chi connectivity index (χ2n) is 9.40. The van der Waals surface area contributed by atoms with E-state index < -0.39 is 11.4 Å². The number of phenolic OH excluding ortho intramolecular Hbond substituents is 1. The summed E-state index contributed by atoms with van der Waals surface area (Å²) in [7, 11) is 0. The van der Waals surface area contributed by atoms with Crippen LogP contribution in [0.25, 0.3) is 11.2 Å². The van der Waals surface area contributed by atoms with Crippen molar-refractivity contribution < 1.29 is 14.6 Å². The van der Waals surface area contributed by atoms with Gasteiger partial charge in [-0.15, -0.1) is 0 Å². The number of aliphatic hydroxyl groups is 1. The van der Waals surface area contributed by atoms with E-state index in [1.807, 2.05) is 13.3 Å². The van der Waals surface area contributed by atoms with Crippen LogP contribution in [0, 0.1) is 5.82 Å². The topological polar surface area (TPSA) is 108 Å². The molecule has 9 heteroatoms. The first-order valence-corrected chi connectivity index (χ1v) is 11.7. The van der Waals surface area contributed by atoms with Crippen LogP contribution in [0.15, 0.2) is 24.5 Å². The molecular formula is C24H33FN6O2. The Labute approximate surface area is 193 Å². The van der Waals surface area contributed by atoms with Crippen molar-refractivity contribution in [1.82, 2.24) is 19.5 Å². The molecule has 3 aromatic rings. The minimum absolute atomic E-state index is 0.00774. The molecular weight excluding hydrogens is 423 g/mol. The van der Waals surface area contributed by atoms with Gasteiger partial charge in [0.15, 0.2) is 17.0 Å². The number of aromatic hydroxyl groups is 1. The molecule has 178 valence electrons. The molecule has 8 nitrogen and oxygen atoms in total. The van der Waals surface area contributed by atoms with Crippen LogP contribution in [0.3, 0.4) is 0 Å². The summed E-state index contributed by atoms with van der Waals surface area (Å²) in [5.74, 6) is 0.469. The number of halogens is 1. The van der Waals surface area contributed by atoms with E-state index in [0.717, 1.165) is 18.5 Å². The fourth-order valence-electron chi connectivity index (χ4n) is 4.54. The van der Waals surface area contributed by atoms with Crippen LogP contribution in [0.2, 0.25) is 0 Å². The largest absolute Gasteiger partial charge is 0.508 e. The van der Waals surface area contributed by atoms with E-state index in [2.05, 4.69) is 25.2 Å². The van der Waals surface area contributed by atoms with E-state index in [1.165, 1.54) is 37.5 Å². The number of fused-ring (bicyclic) bond motifs is 1. The molecule has 0 bridgehead atoms. The Morgan fingerprint density at radius 3 is 2.67 bits per heavy atom. The summed E-state index contributed by atoms with van der Waals surface area (Å²) in [6.45, 7) is 5.68. The SMILES string of the molecule is CCC(Nc1nc(NCc2cc(F)ccc2O)c2ncn(C3CCCCC3)c2n1)C(C)(C)O. The molecule has 0 amide bonds. The Hall–Kier alpha value is -2.94. The van der Waals surface area contributed by atoms with Gasteiger partial charge >= 0.3 is 0 Å². The lowest BCUT2D eigenvalue weighted by molar-refractivity contribution is 0.0577. The monoisotopic (exact) mass is 456 g/mol. The molecule has 1 aromatic carbocycles. The Kier molecular flexibility index (Phi) is 6.69. The number of hydrogen-bond donors (Lipinski definition) is 4. The first-order chi connectivity index (χ1) is 15.8. The minimum atomic E-state index is -0.961. The number of rotatable bonds is 8. The summed E-state index contributed by atoms with van der Waals surface area (Å²) in [4.78, 5) is 14.0. The zero-order chi connectivity index (χ0) is 23.6. The van der Waals surface area contributed by atoms with Crippen molar-refractivity contribution in [3.63, 3.8) is 0 Å². The quantitative estimate of drug-likeness (QED) is 0.387. The van der Waals surface area contributed by atoms with Crippen LogP contribution in [-0.4, -0.2) is 41.4 Å². The number of anilines is 2. The van der Waals surface area contributed by atoms with Crippen molar-refractivity contribution in [2.45, 2.75) is 83.5 Å². The van der Waals surface area contributed by atoms with Crippen molar-refractivity contribution in [3.05, 3.63) is 35.9 Å². The van der Waals surface area contributed by atoms with Crippen LogP contribution < -0.4 is 10.6 Å². The number of phenols is 1. The fraction of sp³-hybridized carbons (Fsp3) is 0.542. The molecule has 0 saturated heterocycles. The highest BCUT2D eigenvalue weighted by Gasteiger charge is 2.27. The lowest BCUT2D eigenvalue weighted by Gasteiger charge is -2.29. The molecule has 1 aliphatic rings. The standard InChI is InChI=1S/C24H33FN6O2/c1-4-19(24(2,3)33)28-23-29-21(26-13-15-12-16(25)10-11-18(15)32)20-22(30-23)31(14-27-20)17-8-6-5-7-9-17/h10-12,14,17,19,32-33H,4-9,13H2,1-3H3,(H2,26,28,29,30). The van der Waals surface area contributed by atoms with E-state index in [9.17, 15) is 14.6 Å². The van der Waals surface area contributed by atoms with Gasteiger partial charge in [-0.05, 0) is 51.3 Å². The van der Waals surface area contributed by atoms with Crippen LogP contribution in [0.1, 0.15) is 70.9 Å². The second kappa shape index (κ2) is 9.51. The normalized spacial score (nSPS) is 16.2. The van der Waals surface area contributed by atoms with Gasteiger partial charge in [0, 0.05) is 18.2 Å². The molecule has 1 aliphatic carbocycles. The third kappa shape index (κ3) is 5.19. The van der Waals surface area contributed by atoms with Gasteiger partial charge in [0.25, 0.3) is 0 Å². The van der Waals surface area contributed by atoms with Gasteiger partial charge in [-0.3, -0.25) is 0 Å². The number of aromatic nitrogens is 4. The van der Waals surface area contributed by atoms with Crippen LogP contribution >= 0.6 is 0 Å². The molecule has 0 radical (unpaired) electrons. The number of imidazole rings is 1. The number of hydrogen-bond acceptors (Lipinski definition) is 7. The maximum Gasteiger partial charge on any atom is 0.227 e. The minimum Gasteiger partial charge on any atom is -0.508 e. The highest BCUT2D eigenvalue weighted by Crippen LogP contribution is 2.32. The summed E-state index contributed by atoms with van der Waals surface area (Å²) in [5.41, 5.74) is 0.803. The number of nitrogens with zero attached hydrogens (tertiary/aromatic N) is 4. The molecule has 33 heavy (non-hydrogen) atoms. The van der Waals surface area contributed by atoms with Crippen LogP contribution in [0.4, 0.5) is 16.2 Å². The molecule has 1 atom stereocenters. The molecule has 0 aliphatic heterocycles. The second-order valence-corrected chi connectivity index (χ2v) is 9.40. The molecule has 1 unspecified atom stereocenters. The van der Waals surface area contributed by atoms with E-state index >= 15 is 0 Å². The van der Waals surface area contributed by atoms with Crippen molar-refractivity contribution in [3.8, 4) is 5.75 Å². The van der Waals surface area contributed by atoms with E-state index in [1.54, 1.807) is 13.8 Å². The number of nitrogens with one attached hydrogen (secondary N) is 2. The highest BCUT2D eigenvalue weighted by molar-refractivity contribution is 5.84. The van der Waals surface area contributed by atoms with Gasteiger partial charge in [0.2, 0.25) is 5.95 Å². The maximum absolute atomic E-state index is 13.7. The van der Waals surface area contributed by atoms with Gasteiger partial charge in [0.1, 0.15) is 11.6 Å². The predicted octanol–water partition coefficient (Wildman–Crippen LogP) is 4.75. The molecule has 1 fully saturated rings. The average molecular weight is 457 g/mol. The maximum atomic E-state index is 13.7. The molecule has 4 rings (SSSR count). The average Bonchev–Trinajstić information content (AvgIpc) is 3.22. The van der Waals surface area contributed by atoms with E-state index in [4.69, 9.17) is 4.98 Å². The fourth-order valence-corrected chi connectivity index (χ4v) is 4.54. The lowest BCUT2D eigenvalue weighted by atomic mass is 9.95. The van der Waals surface area contributed by atoms with Crippen molar-refractivity contribution >= 4 is 22.9 Å². The molecule has 2 heterocycles. The van der Waals surface area contributed by atoms with Crippen molar-refractivity contribution in [2.24, 2.45) is 0 Å². The van der Waals surface area contributed by atoms with E-state index in [0.29, 0.717) is 35.3 Å². The molecule has 2 aromatic heterocycles. The van der Waals surface area contributed by atoms with Gasteiger partial charge in [-0.1, -0.05) is 26.2 Å². The molecule has 1 saturated carbocycles. The third-order valence-electron chi connectivity index (χ3n) is 6.44. The first-order valence-electron chi connectivity index (χ1n) is 11.7. The highest BCUT2D eigenvalue weighted by atomic mass is 19.1. The van der Waals surface area contributed by atoms with Crippen molar-refractivity contribution in [2.75, 3.05) is 10.6 Å². The summed E-state index contributed by atoms with van der Waals surface area (Å²) >= 11 is 0. The van der Waals surface area contributed by atoms with E-state index in [-0.39, 0.29) is 18.3 Å². The van der Waals surface area contributed by atoms with Gasteiger partial charge in [0.05, 0.1) is 18.0 Å². The summed E-state index contributed by atoms with van der Waals surface area (Å²) in [6.07, 6.45) is 8.28. The molecule has 4 N–H and O–H groups in total. The van der Waals surface area contributed by atoms with Gasteiger partial charge in [-0.2, -0.15) is 9.97 Å². The van der Waals surface area contributed by atoms with Crippen molar-refractivity contribution in [1.29, 1.82) is 0 Å². The zero-order valence-electron chi connectivity index (χ0n) is 19.5. The Morgan fingerprint density at radius 2 is 1.97 bits per heavy atom. The molecule has 0 spiro atoms. The van der Waals surface area contributed by atoms with Gasteiger partial charge in [-0.25, -0.2) is 9.37 Å². The Morgan fingerprint density at radius 1 is 1.21 bits per heavy atom. The number of benzene rings is 1. The first kappa shape index (κ1) is 23.2. The zero-order valence-corrected chi connectivity index (χ0v) is 19.5. The summed E-state index contributed by atoms with van der Waals surface area (Å²) in [6, 6.07) is 3.94. The third-order valence-corrected chi connectivity index (χ3v) is 6.44.